The molecule has 0 unspecified atom stereocenters. The van der Waals surface area contributed by atoms with Crippen molar-refractivity contribution in [1.82, 2.24) is 0 Å². The van der Waals surface area contributed by atoms with Crippen LogP contribution in [0.3, 0.4) is 0 Å². The number of carbonyl (C=O) groups excluding carboxylic acids is 1. The highest BCUT2D eigenvalue weighted by atomic mass is 16.3. The number of aliphatic hydroxyl groups excluding tert-OH is 1. The van der Waals surface area contributed by atoms with Crippen LogP contribution in [-0.4, -0.2) is 17.5 Å². The summed E-state index contributed by atoms with van der Waals surface area (Å²) in [5, 5.41) is 8.92. The molecule has 1 fully saturated rings. The Kier molecular flexibility index (Phi) is 2.33. The number of rotatable bonds is 4. The summed E-state index contributed by atoms with van der Waals surface area (Å²) < 4.78 is 0. The minimum Gasteiger partial charge on any atom is -0.395 e. The molecule has 1 aliphatic rings. The average Bonchev–Trinajstić information content (AvgIpc) is 2.65. The van der Waals surface area contributed by atoms with Gasteiger partial charge in [-0.25, -0.2) is 0 Å². The predicted octanol–water partition coefficient (Wildman–Crippen LogP) is 1.37. The second-order valence-corrected chi connectivity index (χ2v) is 3.96. The summed E-state index contributed by atoms with van der Waals surface area (Å²) >= 11 is 0. The maximum Gasteiger partial charge on any atom is 0.141 e. The van der Waals surface area contributed by atoms with Crippen LogP contribution in [0.5, 0.6) is 0 Å². The number of ketones is 1. The minimum absolute atomic E-state index is 0.0541. The van der Waals surface area contributed by atoms with E-state index in [4.69, 9.17) is 5.11 Å². The van der Waals surface area contributed by atoms with Gasteiger partial charge in [-0.15, -0.1) is 0 Å². The molecule has 0 bridgehead atoms. The zero-order valence-electron chi connectivity index (χ0n) is 7.26. The third-order valence-corrected chi connectivity index (χ3v) is 2.34. The minimum atomic E-state index is -0.301. The van der Waals surface area contributed by atoms with Crippen molar-refractivity contribution in [3.8, 4) is 0 Å². The number of aliphatic hydroxyl groups is 1. The molecular weight excluding hydrogens is 140 g/mol. The molecule has 0 amide bonds. The molecule has 0 heterocycles. The van der Waals surface area contributed by atoms with Crippen molar-refractivity contribution in [2.75, 3.05) is 6.61 Å². The lowest BCUT2D eigenvalue weighted by Gasteiger charge is -2.11. The van der Waals surface area contributed by atoms with Gasteiger partial charge in [-0.05, 0) is 18.8 Å². The van der Waals surface area contributed by atoms with E-state index in [1.165, 1.54) is 0 Å². The fourth-order valence-corrected chi connectivity index (χ4v) is 1.26. The van der Waals surface area contributed by atoms with Gasteiger partial charge in [-0.2, -0.15) is 0 Å². The van der Waals surface area contributed by atoms with Crippen molar-refractivity contribution in [3.05, 3.63) is 0 Å². The van der Waals surface area contributed by atoms with Crippen molar-refractivity contribution >= 4 is 5.78 Å². The summed E-state index contributed by atoms with van der Waals surface area (Å²) in [5.41, 5.74) is -0.301. The fourth-order valence-electron chi connectivity index (χ4n) is 1.26. The van der Waals surface area contributed by atoms with Crippen LogP contribution in [0.1, 0.15) is 33.1 Å². The van der Waals surface area contributed by atoms with Crippen molar-refractivity contribution < 1.29 is 9.90 Å². The number of Topliss-reactive ketones (excluding diaryl/α,β-unsaturated/α-hetero) is 1. The molecular formula is C9H16O2. The molecule has 0 aromatic carbocycles. The van der Waals surface area contributed by atoms with Gasteiger partial charge in [0.2, 0.25) is 0 Å². The third-order valence-electron chi connectivity index (χ3n) is 2.34. The maximum absolute atomic E-state index is 11.4. The van der Waals surface area contributed by atoms with Gasteiger partial charge in [0.1, 0.15) is 5.78 Å². The van der Waals surface area contributed by atoms with Gasteiger partial charge in [-0.3, -0.25) is 4.79 Å². The summed E-state index contributed by atoms with van der Waals surface area (Å²) in [4.78, 5) is 11.4. The Labute approximate surface area is 67.6 Å². The Balaban J connectivity index is 2.41. The van der Waals surface area contributed by atoms with Crippen molar-refractivity contribution in [2.45, 2.75) is 33.1 Å². The summed E-state index contributed by atoms with van der Waals surface area (Å²) in [6.45, 7) is 4.12. The lowest BCUT2D eigenvalue weighted by Crippen LogP contribution is -2.21. The lowest BCUT2D eigenvalue weighted by atomic mass is 9.94. The van der Waals surface area contributed by atoms with Crippen LogP contribution in [0, 0.1) is 11.3 Å². The summed E-state index contributed by atoms with van der Waals surface area (Å²) in [6, 6.07) is 0. The van der Waals surface area contributed by atoms with Gasteiger partial charge in [0.05, 0.1) is 12.0 Å². The molecule has 1 aliphatic carbocycles. The van der Waals surface area contributed by atoms with Crippen LogP contribution >= 0.6 is 0 Å². The third kappa shape index (κ3) is 1.80. The largest absolute Gasteiger partial charge is 0.395 e. The molecule has 1 rings (SSSR count). The van der Waals surface area contributed by atoms with Crippen molar-refractivity contribution in [1.29, 1.82) is 0 Å². The SMILES string of the molecule is CC(C)CC(=O)C1(CO)CC1. The van der Waals surface area contributed by atoms with Crippen LogP contribution in [-0.2, 0) is 4.79 Å². The molecule has 0 aromatic heterocycles. The molecule has 1 saturated carbocycles. The van der Waals surface area contributed by atoms with Crippen LogP contribution in [0.2, 0.25) is 0 Å². The highest BCUT2D eigenvalue weighted by Gasteiger charge is 2.48. The molecule has 2 nitrogen and oxygen atoms in total. The summed E-state index contributed by atoms with van der Waals surface area (Å²) in [7, 11) is 0. The zero-order chi connectivity index (χ0) is 8.48. The maximum atomic E-state index is 11.4. The van der Waals surface area contributed by atoms with E-state index in [0.717, 1.165) is 12.8 Å². The van der Waals surface area contributed by atoms with E-state index < -0.39 is 0 Å². The Hall–Kier alpha value is -0.370. The second kappa shape index (κ2) is 2.94. The summed E-state index contributed by atoms with van der Waals surface area (Å²) in [6.07, 6.45) is 2.42. The molecule has 1 N–H and O–H groups in total. The van der Waals surface area contributed by atoms with E-state index in [-0.39, 0.29) is 17.8 Å². The smallest absolute Gasteiger partial charge is 0.141 e. The quantitative estimate of drug-likeness (QED) is 0.667. The molecule has 0 radical (unpaired) electrons. The Morgan fingerprint density at radius 1 is 1.55 bits per heavy atom. The standard InChI is InChI=1S/C9H16O2/c1-7(2)5-8(11)9(6-10)3-4-9/h7,10H,3-6H2,1-2H3. The van der Waals surface area contributed by atoms with E-state index in [9.17, 15) is 4.79 Å². The molecule has 0 spiro atoms. The van der Waals surface area contributed by atoms with Crippen LogP contribution < -0.4 is 0 Å². The molecule has 2 heteroatoms. The first kappa shape index (κ1) is 8.72. The van der Waals surface area contributed by atoms with Crippen LogP contribution in [0.25, 0.3) is 0 Å². The van der Waals surface area contributed by atoms with E-state index >= 15 is 0 Å². The molecule has 0 aromatic rings. The molecule has 64 valence electrons. The van der Waals surface area contributed by atoms with Gasteiger partial charge < -0.3 is 5.11 Å². The zero-order valence-corrected chi connectivity index (χ0v) is 7.26. The summed E-state index contributed by atoms with van der Waals surface area (Å²) in [5.74, 6) is 0.682. The average molecular weight is 156 g/mol. The van der Waals surface area contributed by atoms with Gasteiger partial charge in [0.25, 0.3) is 0 Å². The predicted molar refractivity (Wildman–Crippen MR) is 43.2 cm³/mol. The Morgan fingerprint density at radius 3 is 2.36 bits per heavy atom. The highest BCUT2D eigenvalue weighted by Crippen LogP contribution is 2.47. The van der Waals surface area contributed by atoms with Gasteiger partial charge >= 0.3 is 0 Å². The fraction of sp³-hybridized carbons (Fsp3) is 0.889. The van der Waals surface area contributed by atoms with Crippen LogP contribution in [0.15, 0.2) is 0 Å². The van der Waals surface area contributed by atoms with E-state index in [1.807, 2.05) is 13.8 Å². The first-order chi connectivity index (χ1) is 5.10. The van der Waals surface area contributed by atoms with Crippen LogP contribution in [0.4, 0.5) is 0 Å². The Morgan fingerprint density at radius 2 is 2.09 bits per heavy atom. The molecule has 0 saturated heterocycles. The Bertz CT molecular complexity index is 157. The lowest BCUT2D eigenvalue weighted by molar-refractivity contribution is -0.126. The number of hydrogen-bond donors (Lipinski definition) is 1. The van der Waals surface area contributed by atoms with Crippen molar-refractivity contribution in [3.63, 3.8) is 0 Å². The first-order valence-corrected chi connectivity index (χ1v) is 4.25. The monoisotopic (exact) mass is 156 g/mol. The van der Waals surface area contributed by atoms with Gasteiger partial charge in [0, 0.05) is 6.42 Å². The van der Waals surface area contributed by atoms with Gasteiger partial charge in [0.15, 0.2) is 0 Å². The number of carbonyl (C=O) groups is 1. The van der Waals surface area contributed by atoms with Gasteiger partial charge in [-0.1, -0.05) is 13.8 Å². The molecule has 11 heavy (non-hydrogen) atoms. The molecule has 0 atom stereocenters. The van der Waals surface area contributed by atoms with E-state index in [2.05, 4.69) is 0 Å². The van der Waals surface area contributed by atoms with E-state index in [1.54, 1.807) is 0 Å². The topological polar surface area (TPSA) is 37.3 Å². The highest BCUT2D eigenvalue weighted by molar-refractivity contribution is 5.87. The normalized spacial score (nSPS) is 20.4. The molecule has 0 aliphatic heterocycles. The first-order valence-electron chi connectivity index (χ1n) is 4.25. The number of hydrogen-bond acceptors (Lipinski definition) is 2. The van der Waals surface area contributed by atoms with Crippen molar-refractivity contribution in [2.24, 2.45) is 11.3 Å². The van der Waals surface area contributed by atoms with E-state index in [0.29, 0.717) is 12.3 Å². The second-order valence-electron chi connectivity index (χ2n) is 3.96.